The van der Waals surface area contributed by atoms with Gasteiger partial charge in [-0.1, -0.05) is 26.2 Å². The molecule has 0 aliphatic heterocycles. The van der Waals surface area contributed by atoms with E-state index in [0.717, 1.165) is 75.2 Å². The van der Waals surface area contributed by atoms with E-state index in [1.807, 2.05) is 19.1 Å². The molecule has 3 nitrogen and oxygen atoms in total. The minimum absolute atomic E-state index is 0.331. The van der Waals surface area contributed by atoms with Gasteiger partial charge in [0.15, 0.2) is 0 Å². The molecule has 1 rings (SSSR count). The molecule has 236 valence electrons. The van der Waals surface area contributed by atoms with Crippen molar-refractivity contribution in [3.05, 3.63) is 29.8 Å². The monoisotopic (exact) mass is 598 g/mol. The summed E-state index contributed by atoms with van der Waals surface area (Å²) in [5, 5.41) is 0. The second-order valence-electron chi connectivity index (χ2n) is 12.8. The Kier molecular flexibility index (Phi) is 20.0. The van der Waals surface area contributed by atoms with E-state index < -0.39 is 16.9 Å². The molecule has 0 unspecified atom stereocenters. The van der Waals surface area contributed by atoms with E-state index in [-0.39, 0.29) is 0 Å². The van der Waals surface area contributed by atoms with Crippen LogP contribution in [0.5, 0.6) is 0 Å². The standard InChI is InChI=1S/C35H67O3PS/c1-6-10-14-15-16-17-18-19-20-21-22-23-24-25-33-39(30-11-7-2,31-12-8-3,32-13-9-4)38-40(36,37)35-28-26-34(5)27-29-35/h26-29H,6-25,30-33H2,1-5H3. The van der Waals surface area contributed by atoms with Crippen LogP contribution >= 0.6 is 6.83 Å². The molecule has 0 saturated heterocycles. The quantitative estimate of drug-likeness (QED) is 0.0747. The van der Waals surface area contributed by atoms with Gasteiger partial charge in [0.25, 0.3) is 0 Å². The van der Waals surface area contributed by atoms with Crippen LogP contribution in [0.2, 0.25) is 0 Å². The van der Waals surface area contributed by atoms with Crippen LogP contribution < -0.4 is 0 Å². The fourth-order valence-corrected chi connectivity index (χ4v) is 16.2. The average Bonchev–Trinajstić information content (AvgIpc) is 2.94. The summed E-state index contributed by atoms with van der Waals surface area (Å²) in [6.07, 6.45) is 29.1. The molecule has 0 aliphatic carbocycles. The minimum atomic E-state index is -3.80. The van der Waals surface area contributed by atoms with Crippen LogP contribution in [0.15, 0.2) is 29.2 Å². The third kappa shape index (κ3) is 14.6. The Balaban J connectivity index is 2.80. The Labute approximate surface area is 251 Å². The number of rotatable bonds is 27. The summed E-state index contributed by atoms with van der Waals surface area (Å²) in [6.45, 7) is 8.03. The molecular formula is C35H67O3PS. The Bertz CT molecular complexity index is 825. The van der Waals surface area contributed by atoms with Crippen molar-refractivity contribution >= 4 is 16.9 Å². The molecule has 0 aromatic heterocycles. The molecule has 40 heavy (non-hydrogen) atoms. The summed E-state index contributed by atoms with van der Waals surface area (Å²) in [7, 11) is -3.80. The van der Waals surface area contributed by atoms with E-state index in [9.17, 15) is 8.42 Å². The predicted molar refractivity (Wildman–Crippen MR) is 181 cm³/mol. The van der Waals surface area contributed by atoms with Crippen LogP contribution in [0.1, 0.15) is 162 Å². The van der Waals surface area contributed by atoms with E-state index in [1.165, 1.54) is 83.5 Å². The first-order valence-electron chi connectivity index (χ1n) is 17.3. The van der Waals surface area contributed by atoms with Crippen molar-refractivity contribution in [1.82, 2.24) is 0 Å². The van der Waals surface area contributed by atoms with Crippen LogP contribution in [-0.4, -0.2) is 33.1 Å². The third-order valence-corrected chi connectivity index (χ3v) is 18.0. The predicted octanol–water partition coefficient (Wildman–Crippen LogP) is 12.1. The molecule has 0 fully saturated rings. The van der Waals surface area contributed by atoms with Gasteiger partial charge in [-0.15, -0.1) is 0 Å². The zero-order valence-corrected chi connectivity index (χ0v) is 29.1. The summed E-state index contributed by atoms with van der Waals surface area (Å²) < 4.78 is 34.4. The summed E-state index contributed by atoms with van der Waals surface area (Å²) in [5.41, 5.74) is 1.07. The van der Waals surface area contributed by atoms with Crippen LogP contribution in [0.4, 0.5) is 0 Å². The van der Waals surface area contributed by atoms with E-state index in [4.69, 9.17) is 3.97 Å². The van der Waals surface area contributed by atoms with Crippen LogP contribution in [0, 0.1) is 6.92 Å². The molecule has 1 aromatic carbocycles. The second-order valence-corrected chi connectivity index (χ2v) is 20.2. The third-order valence-electron chi connectivity index (χ3n) is 8.93. The molecular weight excluding hydrogens is 531 g/mol. The van der Waals surface area contributed by atoms with Crippen LogP contribution in [-0.2, 0) is 14.1 Å². The number of hydrogen-bond acceptors (Lipinski definition) is 3. The van der Waals surface area contributed by atoms with E-state index >= 15 is 0 Å². The summed E-state index contributed by atoms with van der Waals surface area (Å²) in [4.78, 5) is 0.331. The molecule has 5 heteroatoms. The summed E-state index contributed by atoms with van der Waals surface area (Å²) in [5.74, 6) is 0. The van der Waals surface area contributed by atoms with Crippen LogP contribution in [0.3, 0.4) is 0 Å². The van der Waals surface area contributed by atoms with Crippen molar-refractivity contribution in [2.24, 2.45) is 0 Å². The Morgan fingerprint density at radius 1 is 0.500 bits per heavy atom. The molecule has 0 bridgehead atoms. The van der Waals surface area contributed by atoms with Gasteiger partial charge < -0.3 is 0 Å². The maximum absolute atomic E-state index is 13.8. The fourth-order valence-electron chi connectivity index (χ4n) is 6.23. The molecule has 0 saturated carbocycles. The Hall–Kier alpha value is -0.440. The van der Waals surface area contributed by atoms with Crippen molar-refractivity contribution in [3.8, 4) is 0 Å². The van der Waals surface area contributed by atoms with Gasteiger partial charge in [-0.3, -0.25) is 0 Å². The van der Waals surface area contributed by atoms with Gasteiger partial charge in [-0.25, -0.2) is 0 Å². The van der Waals surface area contributed by atoms with Crippen molar-refractivity contribution in [2.75, 3.05) is 24.6 Å². The van der Waals surface area contributed by atoms with E-state index in [1.54, 1.807) is 12.1 Å². The molecule has 0 spiro atoms. The van der Waals surface area contributed by atoms with Gasteiger partial charge in [0.1, 0.15) is 0 Å². The fraction of sp³-hybridized carbons (Fsp3) is 0.829. The van der Waals surface area contributed by atoms with E-state index in [0.29, 0.717) is 4.90 Å². The number of unbranched alkanes of at least 4 members (excludes halogenated alkanes) is 16. The number of hydrogen-bond donors (Lipinski definition) is 0. The van der Waals surface area contributed by atoms with Crippen LogP contribution in [0.25, 0.3) is 0 Å². The van der Waals surface area contributed by atoms with Gasteiger partial charge >= 0.3 is 226 Å². The van der Waals surface area contributed by atoms with Gasteiger partial charge in [-0.05, 0) is 0 Å². The first-order chi connectivity index (χ1) is 19.3. The van der Waals surface area contributed by atoms with Crippen molar-refractivity contribution < 1.29 is 12.4 Å². The topological polar surface area (TPSA) is 43.4 Å². The molecule has 0 amide bonds. The molecule has 0 heterocycles. The first kappa shape index (κ1) is 37.6. The zero-order valence-electron chi connectivity index (χ0n) is 27.4. The van der Waals surface area contributed by atoms with Crippen molar-refractivity contribution in [1.29, 1.82) is 0 Å². The van der Waals surface area contributed by atoms with Gasteiger partial charge in [0.2, 0.25) is 0 Å². The molecule has 0 N–H and O–H groups in total. The molecule has 0 radical (unpaired) electrons. The average molecular weight is 599 g/mol. The molecule has 0 atom stereocenters. The molecule has 0 aliphatic rings. The molecule has 1 aromatic rings. The van der Waals surface area contributed by atoms with Gasteiger partial charge in [0, 0.05) is 0 Å². The maximum atomic E-state index is 13.8. The number of benzene rings is 1. The Morgan fingerprint density at radius 3 is 1.20 bits per heavy atom. The SMILES string of the molecule is CCCCCCCCCCCCCCCCP(CCCC)(CCCC)(CCCC)OS(=O)(=O)c1ccc(C)cc1. The first-order valence-corrected chi connectivity index (χ1v) is 21.6. The second kappa shape index (κ2) is 21.3. The summed E-state index contributed by atoms with van der Waals surface area (Å²) in [6, 6.07) is 7.26. The van der Waals surface area contributed by atoms with Gasteiger partial charge in [0.05, 0.1) is 0 Å². The Morgan fingerprint density at radius 2 is 0.825 bits per heavy atom. The summed E-state index contributed by atoms with van der Waals surface area (Å²) >= 11 is 0. The van der Waals surface area contributed by atoms with Crippen molar-refractivity contribution in [3.63, 3.8) is 0 Å². The van der Waals surface area contributed by atoms with Gasteiger partial charge in [-0.2, -0.15) is 0 Å². The van der Waals surface area contributed by atoms with Crippen molar-refractivity contribution in [2.45, 2.75) is 168 Å². The van der Waals surface area contributed by atoms with E-state index in [2.05, 4.69) is 27.7 Å². The normalized spacial score (nSPS) is 13.4. The zero-order chi connectivity index (χ0) is 29.6. The number of aryl methyl sites for hydroxylation is 1.